The summed E-state index contributed by atoms with van der Waals surface area (Å²) in [7, 11) is -3.83. The van der Waals surface area contributed by atoms with Crippen LogP contribution >= 0.6 is 0 Å². The molecule has 3 rings (SSSR count). The summed E-state index contributed by atoms with van der Waals surface area (Å²) in [6, 6.07) is 21.9. The van der Waals surface area contributed by atoms with Crippen LogP contribution in [0.5, 0.6) is 11.5 Å². The van der Waals surface area contributed by atoms with Gasteiger partial charge in [0.15, 0.2) is 0 Å². The van der Waals surface area contributed by atoms with Crippen LogP contribution in [0.25, 0.3) is 0 Å². The van der Waals surface area contributed by atoms with E-state index in [0.717, 1.165) is 53.9 Å². The van der Waals surface area contributed by atoms with Crippen molar-refractivity contribution >= 4 is 15.7 Å². The molecule has 0 spiro atoms. The van der Waals surface area contributed by atoms with Crippen molar-refractivity contribution in [2.75, 3.05) is 13.2 Å². The molecule has 0 saturated heterocycles. The van der Waals surface area contributed by atoms with Gasteiger partial charge in [0.1, 0.15) is 11.5 Å². The van der Waals surface area contributed by atoms with Crippen LogP contribution in [0.3, 0.4) is 0 Å². The van der Waals surface area contributed by atoms with Crippen molar-refractivity contribution in [3.63, 3.8) is 0 Å². The molecule has 0 aliphatic carbocycles. The van der Waals surface area contributed by atoms with E-state index in [4.69, 9.17) is 9.47 Å². The number of nitrogens with zero attached hydrogens (tertiary/aromatic N) is 1. The molecule has 1 N–H and O–H groups in total. The minimum absolute atomic E-state index is 0.162. The second kappa shape index (κ2) is 15.9. The first-order valence-electron chi connectivity index (χ1n) is 14.1. The Morgan fingerprint density at radius 3 is 1.56 bits per heavy atom. The highest BCUT2D eigenvalue weighted by Crippen LogP contribution is 2.20. The van der Waals surface area contributed by atoms with Crippen LogP contribution in [0.4, 0.5) is 0 Å². The van der Waals surface area contributed by atoms with Crippen LogP contribution in [0, 0.1) is 6.92 Å². The van der Waals surface area contributed by atoms with Crippen molar-refractivity contribution in [3.05, 3.63) is 89.5 Å². The maximum Gasteiger partial charge on any atom is 0.276 e. The van der Waals surface area contributed by atoms with Gasteiger partial charge in [-0.25, -0.2) is 0 Å². The standard InChI is InChI=1S/C32H42N2O4S/c1-4-6-8-10-24-37-29-18-14-27(15-19-29)32(33-34-39(35,36)31-22-12-26(3)13-23-31)28-16-20-30(21-17-28)38-25-11-9-7-5-2/h12-23,34H,4-11,24-25H2,1-3H3. The van der Waals surface area contributed by atoms with E-state index in [1.165, 1.54) is 25.7 Å². The number of aryl methyl sites for hydroxylation is 1. The van der Waals surface area contributed by atoms with Crippen LogP contribution in [-0.4, -0.2) is 27.3 Å². The van der Waals surface area contributed by atoms with Crippen LogP contribution in [0.1, 0.15) is 81.9 Å². The zero-order chi connectivity index (χ0) is 27.9. The molecule has 7 heteroatoms. The number of nitrogens with one attached hydrogen (secondary N) is 1. The zero-order valence-corrected chi connectivity index (χ0v) is 24.3. The van der Waals surface area contributed by atoms with Gasteiger partial charge in [0.2, 0.25) is 0 Å². The van der Waals surface area contributed by atoms with Crippen LogP contribution in [-0.2, 0) is 10.0 Å². The Morgan fingerprint density at radius 2 is 1.13 bits per heavy atom. The molecule has 0 aliphatic heterocycles. The second-order valence-corrected chi connectivity index (χ2v) is 11.4. The quantitative estimate of drug-likeness (QED) is 0.106. The number of hydrogen-bond acceptors (Lipinski definition) is 5. The second-order valence-electron chi connectivity index (χ2n) is 9.74. The Hall–Kier alpha value is -3.32. The minimum Gasteiger partial charge on any atom is -0.494 e. The normalized spacial score (nSPS) is 11.2. The van der Waals surface area contributed by atoms with Crippen molar-refractivity contribution < 1.29 is 17.9 Å². The maximum absolute atomic E-state index is 12.9. The highest BCUT2D eigenvalue weighted by molar-refractivity contribution is 7.89. The number of hydrazone groups is 1. The molecular formula is C32H42N2O4S. The summed E-state index contributed by atoms with van der Waals surface area (Å²) < 4.78 is 37.7. The summed E-state index contributed by atoms with van der Waals surface area (Å²) >= 11 is 0. The molecule has 0 fully saturated rings. The molecule has 6 nitrogen and oxygen atoms in total. The topological polar surface area (TPSA) is 77.0 Å². The van der Waals surface area contributed by atoms with Gasteiger partial charge in [-0.15, -0.1) is 0 Å². The number of ether oxygens (including phenoxy) is 2. The summed E-state index contributed by atoms with van der Waals surface area (Å²) in [4.78, 5) is 2.59. The molecule has 0 atom stereocenters. The van der Waals surface area contributed by atoms with Gasteiger partial charge < -0.3 is 9.47 Å². The number of hydrogen-bond donors (Lipinski definition) is 1. The first-order chi connectivity index (χ1) is 18.9. The van der Waals surface area contributed by atoms with E-state index in [-0.39, 0.29) is 4.90 Å². The Labute approximate surface area is 234 Å². The summed E-state index contributed by atoms with van der Waals surface area (Å²) in [5, 5.41) is 4.38. The highest BCUT2D eigenvalue weighted by Gasteiger charge is 2.15. The van der Waals surface area contributed by atoms with E-state index in [0.29, 0.717) is 18.9 Å². The Morgan fingerprint density at radius 1 is 0.667 bits per heavy atom. The Balaban J connectivity index is 1.79. The van der Waals surface area contributed by atoms with Crippen LogP contribution in [0.15, 0.2) is 82.8 Å². The van der Waals surface area contributed by atoms with Gasteiger partial charge in [0.25, 0.3) is 10.0 Å². The lowest BCUT2D eigenvalue weighted by molar-refractivity contribution is 0.305. The van der Waals surface area contributed by atoms with Gasteiger partial charge in [-0.1, -0.05) is 70.1 Å². The smallest absolute Gasteiger partial charge is 0.276 e. The van der Waals surface area contributed by atoms with Gasteiger partial charge in [0.05, 0.1) is 23.8 Å². The summed E-state index contributed by atoms with van der Waals surface area (Å²) in [6.45, 7) is 7.65. The predicted molar refractivity (Wildman–Crippen MR) is 159 cm³/mol. The fraction of sp³-hybridized carbons (Fsp3) is 0.406. The molecule has 0 amide bonds. The average Bonchev–Trinajstić information content (AvgIpc) is 2.94. The van der Waals surface area contributed by atoms with E-state index < -0.39 is 10.0 Å². The molecular weight excluding hydrogens is 508 g/mol. The van der Waals surface area contributed by atoms with Crippen molar-refractivity contribution in [1.29, 1.82) is 0 Å². The van der Waals surface area contributed by atoms with E-state index in [1.54, 1.807) is 24.3 Å². The Kier molecular flexibility index (Phi) is 12.4. The predicted octanol–water partition coefficient (Wildman–Crippen LogP) is 7.64. The number of unbranched alkanes of at least 4 members (excludes halogenated alkanes) is 6. The molecule has 0 heterocycles. The molecule has 0 bridgehead atoms. The first kappa shape index (κ1) is 30.2. The summed E-state index contributed by atoms with van der Waals surface area (Å²) in [5.74, 6) is 1.56. The summed E-state index contributed by atoms with van der Waals surface area (Å²) in [6.07, 6.45) is 9.17. The van der Waals surface area contributed by atoms with Gasteiger partial charge in [-0.2, -0.15) is 18.4 Å². The molecule has 0 saturated carbocycles. The molecule has 0 aromatic heterocycles. The lowest BCUT2D eigenvalue weighted by atomic mass is 10.0. The first-order valence-corrected chi connectivity index (χ1v) is 15.5. The fourth-order valence-corrected chi connectivity index (χ4v) is 4.84. The summed E-state index contributed by atoms with van der Waals surface area (Å²) in [5.41, 5.74) is 3.04. The fourth-order valence-electron chi connectivity index (χ4n) is 4.03. The van der Waals surface area contributed by atoms with Gasteiger partial charge >= 0.3 is 0 Å². The molecule has 3 aromatic rings. The van der Waals surface area contributed by atoms with Crippen LogP contribution < -0.4 is 14.3 Å². The Bertz CT molecular complexity index is 1190. The molecule has 3 aromatic carbocycles. The van der Waals surface area contributed by atoms with Gasteiger partial charge in [-0.05, 0) is 80.4 Å². The van der Waals surface area contributed by atoms with Gasteiger partial charge in [-0.3, -0.25) is 0 Å². The highest BCUT2D eigenvalue weighted by atomic mass is 32.2. The largest absolute Gasteiger partial charge is 0.494 e. The monoisotopic (exact) mass is 550 g/mol. The molecule has 0 radical (unpaired) electrons. The lowest BCUT2D eigenvalue weighted by Crippen LogP contribution is -2.21. The van der Waals surface area contributed by atoms with E-state index >= 15 is 0 Å². The SMILES string of the molecule is CCCCCCOc1ccc(C(=NNS(=O)(=O)c2ccc(C)cc2)c2ccc(OCCCCCC)cc2)cc1. The maximum atomic E-state index is 12.9. The molecule has 0 aliphatic rings. The number of sulfonamides is 1. The van der Waals surface area contributed by atoms with Crippen LogP contribution in [0.2, 0.25) is 0 Å². The van der Waals surface area contributed by atoms with E-state index in [1.807, 2.05) is 55.5 Å². The molecule has 210 valence electrons. The van der Waals surface area contributed by atoms with E-state index in [2.05, 4.69) is 23.8 Å². The number of benzene rings is 3. The van der Waals surface area contributed by atoms with E-state index in [9.17, 15) is 8.42 Å². The van der Waals surface area contributed by atoms with Crippen molar-refractivity contribution in [2.24, 2.45) is 5.10 Å². The van der Waals surface area contributed by atoms with Gasteiger partial charge in [0, 0.05) is 11.1 Å². The van der Waals surface area contributed by atoms with Crippen molar-refractivity contribution in [3.8, 4) is 11.5 Å². The third kappa shape index (κ3) is 10.1. The van der Waals surface area contributed by atoms with Crippen molar-refractivity contribution in [1.82, 2.24) is 4.83 Å². The average molecular weight is 551 g/mol. The molecule has 39 heavy (non-hydrogen) atoms. The minimum atomic E-state index is -3.83. The third-order valence-corrected chi connectivity index (χ3v) is 7.62. The zero-order valence-electron chi connectivity index (χ0n) is 23.5. The molecule has 0 unspecified atom stereocenters. The third-order valence-electron chi connectivity index (χ3n) is 6.40. The lowest BCUT2D eigenvalue weighted by Gasteiger charge is -2.12. The van der Waals surface area contributed by atoms with Crippen molar-refractivity contribution in [2.45, 2.75) is 77.0 Å². The number of rotatable bonds is 17.